The average molecular weight is 187 g/mol. The van der Waals surface area contributed by atoms with Crippen LogP contribution in [-0.4, -0.2) is 36.9 Å². The van der Waals surface area contributed by atoms with Crippen LogP contribution in [0.5, 0.6) is 0 Å². The van der Waals surface area contributed by atoms with Gasteiger partial charge in [-0.25, -0.2) is 0 Å². The summed E-state index contributed by atoms with van der Waals surface area (Å²) in [7, 11) is 1.38. The monoisotopic (exact) mass is 187 g/mol. The van der Waals surface area contributed by atoms with Crippen molar-refractivity contribution in [1.82, 2.24) is 5.32 Å². The number of carbonyl (C=O) groups excluding carboxylic acids is 1. The number of esters is 1. The van der Waals surface area contributed by atoms with Crippen molar-refractivity contribution < 1.29 is 14.6 Å². The molecule has 13 heavy (non-hydrogen) atoms. The van der Waals surface area contributed by atoms with Gasteiger partial charge in [0.1, 0.15) is 0 Å². The van der Waals surface area contributed by atoms with Gasteiger partial charge in [0, 0.05) is 13.1 Å². The minimum atomic E-state index is -0.504. The Morgan fingerprint density at radius 3 is 2.77 bits per heavy atom. The first-order chi connectivity index (χ1) is 6.16. The number of rotatable bonds is 5. The molecule has 0 heterocycles. The molecule has 2 N–H and O–H groups in total. The summed E-state index contributed by atoms with van der Waals surface area (Å²) >= 11 is 0. The van der Waals surface area contributed by atoms with Gasteiger partial charge in [0.05, 0.1) is 19.1 Å². The van der Waals surface area contributed by atoms with E-state index in [9.17, 15) is 9.90 Å². The number of ether oxygens (including phenoxy) is 1. The van der Waals surface area contributed by atoms with E-state index in [4.69, 9.17) is 0 Å². The quantitative estimate of drug-likeness (QED) is 0.472. The number of aliphatic hydroxyl groups is 1. The first-order valence-electron chi connectivity index (χ1n) is 4.66. The molecule has 0 aromatic rings. The van der Waals surface area contributed by atoms with Crippen molar-refractivity contribution in [3.8, 4) is 0 Å². The van der Waals surface area contributed by atoms with Gasteiger partial charge in [-0.1, -0.05) is 0 Å². The van der Waals surface area contributed by atoms with Crippen molar-refractivity contribution in [2.24, 2.45) is 0 Å². The van der Waals surface area contributed by atoms with Crippen LogP contribution < -0.4 is 5.32 Å². The average Bonchev–Trinajstić information content (AvgIpc) is 2.09. The van der Waals surface area contributed by atoms with Crippen LogP contribution >= 0.6 is 0 Å². The molecular weight excluding hydrogens is 170 g/mol. The molecule has 0 aliphatic heterocycles. The van der Waals surface area contributed by atoms with Gasteiger partial charge in [0.25, 0.3) is 0 Å². The normalized spacial score (nSPS) is 19.2. The maximum absolute atomic E-state index is 10.7. The number of hydrogen-bond acceptors (Lipinski definition) is 4. The summed E-state index contributed by atoms with van der Waals surface area (Å²) in [5.41, 5.74) is -0.504. The van der Waals surface area contributed by atoms with Crippen LogP contribution in [-0.2, 0) is 9.53 Å². The van der Waals surface area contributed by atoms with E-state index < -0.39 is 5.60 Å². The largest absolute Gasteiger partial charge is 0.469 e. The maximum atomic E-state index is 10.7. The highest BCUT2D eigenvalue weighted by molar-refractivity contribution is 5.69. The first-order valence-corrected chi connectivity index (χ1v) is 4.66. The molecule has 0 aromatic carbocycles. The Bertz CT molecular complexity index is 178. The van der Waals surface area contributed by atoms with Gasteiger partial charge in [-0.15, -0.1) is 0 Å². The molecular formula is C9H17NO3. The fraction of sp³-hybridized carbons (Fsp3) is 0.889. The molecule has 0 radical (unpaired) electrons. The lowest BCUT2D eigenvalue weighted by atomic mass is 9.80. The summed E-state index contributed by atoms with van der Waals surface area (Å²) in [6.45, 7) is 1.17. The molecule has 1 rings (SSSR count). The van der Waals surface area contributed by atoms with Gasteiger partial charge in [0.2, 0.25) is 0 Å². The summed E-state index contributed by atoms with van der Waals surface area (Å²) in [6, 6.07) is 0. The van der Waals surface area contributed by atoms with Gasteiger partial charge in [-0.05, 0) is 19.3 Å². The molecule has 0 saturated heterocycles. The van der Waals surface area contributed by atoms with Gasteiger partial charge in [-0.3, -0.25) is 4.79 Å². The standard InChI is InChI=1S/C9H17NO3/c1-13-8(11)3-6-10-7-9(12)4-2-5-9/h10,12H,2-7H2,1H3. The Morgan fingerprint density at radius 2 is 2.31 bits per heavy atom. The van der Waals surface area contributed by atoms with Crippen LogP contribution in [0.3, 0.4) is 0 Å². The van der Waals surface area contributed by atoms with E-state index in [1.54, 1.807) is 0 Å². The van der Waals surface area contributed by atoms with E-state index in [2.05, 4.69) is 10.1 Å². The zero-order valence-corrected chi connectivity index (χ0v) is 8.01. The van der Waals surface area contributed by atoms with Crippen LogP contribution in [0.15, 0.2) is 0 Å². The summed E-state index contributed by atoms with van der Waals surface area (Å²) in [5.74, 6) is -0.215. The molecule has 1 aliphatic carbocycles. The van der Waals surface area contributed by atoms with E-state index >= 15 is 0 Å². The van der Waals surface area contributed by atoms with Crippen molar-refractivity contribution >= 4 is 5.97 Å². The maximum Gasteiger partial charge on any atom is 0.306 e. The topological polar surface area (TPSA) is 58.6 Å². The molecule has 0 atom stereocenters. The number of nitrogens with one attached hydrogen (secondary N) is 1. The smallest absolute Gasteiger partial charge is 0.306 e. The van der Waals surface area contributed by atoms with E-state index in [1.807, 2.05) is 0 Å². The van der Waals surface area contributed by atoms with Gasteiger partial charge >= 0.3 is 5.97 Å². The van der Waals surface area contributed by atoms with Gasteiger partial charge < -0.3 is 15.2 Å². The third kappa shape index (κ3) is 3.32. The zero-order valence-electron chi connectivity index (χ0n) is 8.01. The molecule has 0 unspecified atom stereocenters. The summed E-state index contributed by atoms with van der Waals surface area (Å²) in [5, 5.41) is 12.7. The minimum absolute atomic E-state index is 0.215. The summed E-state index contributed by atoms with van der Waals surface area (Å²) in [4.78, 5) is 10.7. The molecule has 76 valence electrons. The van der Waals surface area contributed by atoms with E-state index in [0.717, 1.165) is 19.3 Å². The molecule has 1 aliphatic rings. The third-order valence-electron chi connectivity index (χ3n) is 2.47. The molecule has 4 nitrogen and oxygen atoms in total. The van der Waals surface area contributed by atoms with Crippen molar-refractivity contribution in [3.05, 3.63) is 0 Å². The Labute approximate surface area is 78.3 Å². The van der Waals surface area contributed by atoms with E-state index in [0.29, 0.717) is 19.5 Å². The van der Waals surface area contributed by atoms with Crippen molar-refractivity contribution in [2.75, 3.05) is 20.2 Å². The van der Waals surface area contributed by atoms with Crippen LogP contribution in [0.2, 0.25) is 0 Å². The first kappa shape index (κ1) is 10.5. The molecule has 1 saturated carbocycles. The van der Waals surface area contributed by atoms with Crippen LogP contribution in [0.4, 0.5) is 0 Å². The minimum Gasteiger partial charge on any atom is -0.469 e. The molecule has 0 amide bonds. The third-order valence-corrected chi connectivity index (χ3v) is 2.47. The Balaban J connectivity index is 1.98. The summed E-state index contributed by atoms with van der Waals surface area (Å²) < 4.78 is 4.48. The Hall–Kier alpha value is -0.610. The lowest BCUT2D eigenvalue weighted by molar-refractivity contribution is -0.140. The fourth-order valence-electron chi connectivity index (χ4n) is 1.38. The Morgan fingerprint density at radius 1 is 1.62 bits per heavy atom. The van der Waals surface area contributed by atoms with Crippen LogP contribution in [0, 0.1) is 0 Å². The molecule has 1 fully saturated rings. The highest BCUT2D eigenvalue weighted by atomic mass is 16.5. The van der Waals surface area contributed by atoms with Crippen molar-refractivity contribution in [3.63, 3.8) is 0 Å². The second-order valence-corrected chi connectivity index (χ2v) is 3.58. The molecule has 4 heteroatoms. The predicted molar refractivity (Wildman–Crippen MR) is 48.3 cm³/mol. The van der Waals surface area contributed by atoms with E-state index in [1.165, 1.54) is 7.11 Å². The van der Waals surface area contributed by atoms with Gasteiger partial charge in [0.15, 0.2) is 0 Å². The zero-order chi connectivity index (χ0) is 9.73. The van der Waals surface area contributed by atoms with E-state index in [-0.39, 0.29) is 5.97 Å². The van der Waals surface area contributed by atoms with Crippen molar-refractivity contribution in [2.45, 2.75) is 31.3 Å². The fourth-order valence-corrected chi connectivity index (χ4v) is 1.38. The molecule has 0 spiro atoms. The van der Waals surface area contributed by atoms with Crippen LogP contribution in [0.1, 0.15) is 25.7 Å². The molecule has 0 aromatic heterocycles. The number of hydrogen-bond donors (Lipinski definition) is 2. The van der Waals surface area contributed by atoms with Crippen LogP contribution in [0.25, 0.3) is 0 Å². The SMILES string of the molecule is COC(=O)CCNCC1(O)CCC1. The second-order valence-electron chi connectivity index (χ2n) is 3.58. The van der Waals surface area contributed by atoms with Gasteiger partial charge in [-0.2, -0.15) is 0 Å². The molecule has 0 bridgehead atoms. The number of methoxy groups -OCH3 is 1. The Kier molecular flexibility index (Phi) is 3.69. The highest BCUT2D eigenvalue weighted by Crippen LogP contribution is 2.30. The lowest BCUT2D eigenvalue weighted by Crippen LogP contribution is -2.46. The number of carbonyl (C=O) groups is 1. The highest BCUT2D eigenvalue weighted by Gasteiger charge is 2.33. The van der Waals surface area contributed by atoms with Crippen molar-refractivity contribution in [1.29, 1.82) is 0 Å². The second kappa shape index (κ2) is 4.58. The summed E-state index contributed by atoms with van der Waals surface area (Å²) in [6.07, 6.45) is 3.22. The lowest BCUT2D eigenvalue weighted by Gasteiger charge is -2.36. The predicted octanol–water partition coefficient (Wildman–Crippen LogP) is 0.0541.